The molecule has 1 fully saturated rings. The number of nitrogens with zero attached hydrogens (tertiary/aromatic N) is 3. The number of aromatic nitrogens is 2. The number of rotatable bonds is 6. The lowest BCUT2D eigenvalue weighted by atomic mass is 9.96. The minimum Gasteiger partial charge on any atom is -0.478 e. The first-order valence-corrected chi connectivity index (χ1v) is 12.3. The van der Waals surface area contributed by atoms with Crippen LogP contribution in [0.15, 0.2) is 79.0 Å². The maximum absolute atomic E-state index is 11.7. The van der Waals surface area contributed by atoms with Crippen molar-refractivity contribution >= 4 is 23.3 Å². The van der Waals surface area contributed by atoms with Crippen molar-refractivity contribution in [1.29, 1.82) is 0 Å². The highest BCUT2D eigenvalue weighted by atomic mass is 32.1. The molecule has 5 rings (SSSR count). The third-order valence-electron chi connectivity index (χ3n) is 6.88. The summed E-state index contributed by atoms with van der Waals surface area (Å²) in [5.74, 6) is -0.937. The fourth-order valence-electron chi connectivity index (χ4n) is 5.14. The Morgan fingerprint density at radius 2 is 1.78 bits per heavy atom. The summed E-state index contributed by atoms with van der Waals surface area (Å²) in [5.41, 5.74) is 7.46. The van der Waals surface area contributed by atoms with Crippen molar-refractivity contribution in [3.8, 4) is 5.69 Å². The summed E-state index contributed by atoms with van der Waals surface area (Å²) in [5, 5.41) is 13.8. The molecular formula is C29H28N4O2S. The number of thiocarbonyl (C=S) groups is 1. The van der Waals surface area contributed by atoms with Gasteiger partial charge in [-0.05, 0) is 80.0 Å². The Labute approximate surface area is 216 Å². The van der Waals surface area contributed by atoms with Crippen molar-refractivity contribution in [3.05, 3.63) is 118 Å². The molecule has 0 bridgehead atoms. The lowest BCUT2D eigenvalue weighted by molar-refractivity contribution is 0.0697. The molecular weight excluding hydrogens is 468 g/mol. The zero-order valence-corrected chi connectivity index (χ0v) is 21.3. The second kappa shape index (κ2) is 9.59. The first kappa shape index (κ1) is 23.8. The highest BCUT2D eigenvalue weighted by Gasteiger charge is 2.41. The Bertz CT molecular complexity index is 1430. The summed E-state index contributed by atoms with van der Waals surface area (Å²) in [6, 6.07) is 23.5. The standard InChI is InChI=1S/C29H28N4O2S/c1-18-12-13-22(28(34)35)16-25(18)33-19(2)15-23(20(33)3)27-26(24-11-7-8-14-30-24)31-29(36)32(27)17-21-9-5-4-6-10-21/h4-16,26-27H,17H2,1-3H3,(H,31,36)(H,34,35)/t26-,27+/m1/s1. The third kappa shape index (κ3) is 4.27. The molecule has 0 unspecified atom stereocenters. The maximum atomic E-state index is 11.7. The number of carboxylic acid groups (broad SMARTS) is 1. The van der Waals surface area contributed by atoms with Crippen molar-refractivity contribution in [3.63, 3.8) is 0 Å². The molecule has 6 nitrogen and oxygen atoms in total. The van der Waals surface area contributed by atoms with Gasteiger partial charge in [0.05, 0.1) is 23.3 Å². The van der Waals surface area contributed by atoms with E-state index in [1.54, 1.807) is 18.3 Å². The van der Waals surface area contributed by atoms with Gasteiger partial charge in [-0.15, -0.1) is 0 Å². The summed E-state index contributed by atoms with van der Waals surface area (Å²) in [7, 11) is 0. The summed E-state index contributed by atoms with van der Waals surface area (Å²) in [4.78, 5) is 18.6. The predicted molar refractivity (Wildman–Crippen MR) is 144 cm³/mol. The van der Waals surface area contributed by atoms with Gasteiger partial charge in [-0.25, -0.2) is 4.79 Å². The van der Waals surface area contributed by atoms with Crippen LogP contribution in [0.2, 0.25) is 0 Å². The van der Waals surface area contributed by atoms with Crippen LogP contribution in [0, 0.1) is 20.8 Å². The van der Waals surface area contributed by atoms with Crippen LogP contribution in [-0.2, 0) is 6.54 Å². The molecule has 4 aromatic rings. The molecule has 2 aromatic heterocycles. The molecule has 0 amide bonds. The van der Waals surface area contributed by atoms with Crippen molar-refractivity contribution in [1.82, 2.24) is 19.8 Å². The quantitative estimate of drug-likeness (QED) is 0.335. The van der Waals surface area contributed by atoms with E-state index in [4.69, 9.17) is 12.2 Å². The fourth-order valence-corrected chi connectivity index (χ4v) is 5.44. The first-order chi connectivity index (χ1) is 17.3. The van der Waals surface area contributed by atoms with E-state index < -0.39 is 5.97 Å². The minimum absolute atomic E-state index is 0.0875. The van der Waals surface area contributed by atoms with Crippen molar-refractivity contribution < 1.29 is 9.90 Å². The molecule has 1 saturated heterocycles. The second-order valence-electron chi connectivity index (χ2n) is 9.21. The average molecular weight is 497 g/mol. The normalized spacial score (nSPS) is 17.3. The monoisotopic (exact) mass is 496 g/mol. The Hall–Kier alpha value is -3.97. The van der Waals surface area contributed by atoms with E-state index in [1.807, 2.05) is 49.4 Å². The number of benzene rings is 2. The number of carbonyl (C=O) groups is 1. The van der Waals surface area contributed by atoms with Gasteiger partial charge < -0.3 is 19.9 Å². The first-order valence-electron chi connectivity index (χ1n) is 11.9. The van der Waals surface area contributed by atoms with E-state index in [1.165, 1.54) is 5.56 Å². The predicted octanol–water partition coefficient (Wildman–Crippen LogP) is 5.67. The zero-order valence-electron chi connectivity index (χ0n) is 20.5. The summed E-state index contributed by atoms with van der Waals surface area (Å²) in [6.45, 7) is 6.82. The number of pyridine rings is 1. The molecule has 3 heterocycles. The van der Waals surface area contributed by atoms with E-state index in [9.17, 15) is 9.90 Å². The van der Waals surface area contributed by atoms with Gasteiger partial charge in [0.15, 0.2) is 5.11 Å². The maximum Gasteiger partial charge on any atom is 0.335 e. The lowest BCUT2D eigenvalue weighted by Crippen LogP contribution is -2.29. The SMILES string of the molecule is Cc1ccc(C(=O)O)cc1-n1c(C)cc([C@H]2[C@@H](c3ccccn3)NC(=S)N2Cc2ccccc2)c1C. The second-order valence-corrected chi connectivity index (χ2v) is 9.60. The Morgan fingerprint density at radius 1 is 1.03 bits per heavy atom. The highest BCUT2D eigenvalue weighted by Crippen LogP contribution is 2.42. The molecule has 182 valence electrons. The van der Waals surface area contributed by atoms with E-state index in [2.05, 4.69) is 51.8 Å². The van der Waals surface area contributed by atoms with Crippen LogP contribution >= 0.6 is 12.2 Å². The molecule has 1 aliphatic rings. The van der Waals surface area contributed by atoms with Gasteiger partial charge in [0.25, 0.3) is 0 Å². The van der Waals surface area contributed by atoms with Crippen LogP contribution in [-0.4, -0.2) is 30.6 Å². The molecule has 7 heteroatoms. The van der Waals surface area contributed by atoms with Crippen molar-refractivity contribution in [2.75, 3.05) is 0 Å². The molecule has 0 radical (unpaired) electrons. The highest BCUT2D eigenvalue weighted by molar-refractivity contribution is 7.80. The smallest absolute Gasteiger partial charge is 0.335 e. The largest absolute Gasteiger partial charge is 0.478 e. The van der Waals surface area contributed by atoms with Crippen LogP contribution in [0.3, 0.4) is 0 Å². The molecule has 2 aromatic carbocycles. The van der Waals surface area contributed by atoms with Crippen LogP contribution in [0.5, 0.6) is 0 Å². The summed E-state index contributed by atoms with van der Waals surface area (Å²) < 4.78 is 2.15. The van der Waals surface area contributed by atoms with Crippen LogP contribution < -0.4 is 5.32 Å². The average Bonchev–Trinajstić information content (AvgIpc) is 3.35. The van der Waals surface area contributed by atoms with Gasteiger partial charge in [0, 0.05) is 29.8 Å². The molecule has 1 aliphatic heterocycles. The number of carboxylic acids is 1. The zero-order chi connectivity index (χ0) is 25.4. The Kier molecular flexibility index (Phi) is 6.33. The van der Waals surface area contributed by atoms with Crippen LogP contribution in [0.4, 0.5) is 0 Å². The Morgan fingerprint density at radius 3 is 2.47 bits per heavy atom. The molecule has 2 N–H and O–H groups in total. The summed E-state index contributed by atoms with van der Waals surface area (Å²) >= 11 is 5.85. The number of nitrogens with one attached hydrogen (secondary N) is 1. The van der Waals surface area contributed by atoms with E-state index >= 15 is 0 Å². The molecule has 0 saturated carbocycles. The molecule has 0 spiro atoms. The van der Waals surface area contributed by atoms with Crippen molar-refractivity contribution in [2.24, 2.45) is 0 Å². The number of hydrogen-bond donors (Lipinski definition) is 2. The topological polar surface area (TPSA) is 70.4 Å². The molecule has 36 heavy (non-hydrogen) atoms. The van der Waals surface area contributed by atoms with E-state index in [0.29, 0.717) is 11.7 Å². The van der Waals surface area contributed by atoms with E-state index in [-0.39, 0.29) is 17.6 Å². The Balaban J connectivity index is 1.64. The fraction of sp³-hybridized carbons (Fsp3) is 0.207. The number of aromatic carboxylic acids is 1. The third-order valence-corrected chi connectivity index (χ3v) is 7.23. The molecule has 2 atom stereocenters. The lowest BCUT2D eigenvalue weighted by Gasteiger charge is -2.28. The van der Waals surface area contributed by atoms with E-state index in [0.717, 1.165) is 33.9 Å². The van der Waals surface area contributed by atoms with Gasteiger partial charge in [-0.2, -0.15) is 0 Å². The van der Waals surface area contributed by atoms with Crippen LogP contribution in [0.1, 0.15) is 56.2 Å². The van der Waals surface area contributed by atoms with Crippen LogP contribution in [0.25, 0.3) is 5.69 Å². The number of hydrogen-bond acceptors (Lipinski definition) is 3. The summed E-state index contributed by atoms with van der Waals surface area (Å²) in [6.07, 6.45) is 1.81. The van der Waals surface area contributed by atoms with Gasteiger partial charge in [0.1, 0.15) is 0 Å². The molecule has 0 aliphatic carbocycles. The minimum atomic E-state index is -0.937. The van der Waals surface area contributed by atoms with Crippen molar-refractivity contribution in [2.45, 2.75) is 39.4 Å². The van der Waals surface area contributed by atoms with Gasteiger partial charge in [-0.3, -0.25) is 4.98 Å². The number of aryl methyl sites for hydroxylation is 2. The van der Waals surface area contributed by atoms with Gasteiger partial charge >= 0.3 is 5.97 Å². The van der Waals surface area contributed by atoms with Gasteiger partial charge in [0.2, 0.25) is 0 Å². The van der Waals surface area contributed by atoms with Gasteiger partial charge in [-0.1, -0.05) is 42.5 Å².